The number of halogens is 3. The Morgan fingerprint density at radius 3 is 2.19 bits per heavy atom. The Balaban J connectivity index is 1.70. The normalized spacial score (nSPS) is 26.9. The monoisotopic (exact) mass is 368 g/mol. The molecule has 0 radical (unpaired) electrons. The number of nitrogens with two attached hydrogens (primary N) is 1. The fourth-order valence-corrected chi connectivity index (χ4v) is 4.43. The predicted octanol–water partition coefficient (Wildman–Crippen LogP) is 3.79. The number of carbonyl (C=O) groups excluding carboxylic acids is 1. The van der Waals surface area contributed by atoms with Gasteiger partial charge in [0.15, 0.2) is 11.6 Å². The summed E-state index contributed by atoms with van der Waals surface area (Å²) in [6.45, 7) is 5.79. The molecule has 0 saturated carbocycles. The summed E-state index contributed by atoms with van der Waals surface area (Å²) in [5, 5.41) is 0. The van der Waals surface area contributed by atoms with Crippen molar-refractivity contribution in [2.45, 2.75) is 71.0 Å². The van der Waals surface area contributed by atoms with Crippen LogP contribution in [-0.2, 0) is 11.2 Å². The summed E-state index contributed by atoms with van der Waals surface area (Å²) >= 11 is 0. The first-order valence-corrected chi connectivity index (χ1v) is 9.29. The second kappa shape index (κ2) is 6.87. The Bertz CT molecular complexity index is 687. The average Bonchev–Trinajstić information content (AvgIpc) is 2.79. The summed E-state index contributed by atoms with van der Waals surface area (Å²) in [4.78, 5) is 14.8. The molecular weight excluding hydrogens is 341 g/mol. The lowest BCUT2D eigenvalue weighted by Gasteiger charge is -2.43. The Kier molecular flexibility index (Phi) is 5.08. The summed E-state index contributed by atoms with van der Waals surface area (Å²) in [5.74, 6) is -2.69. The Morgan fingerprint density at radius 2 is 1.65 bits per heavy atom. The van der Waals surface area contributed by atoms with E-state index in [9.17, 15) is 18.0 Å². The summed E-state index contributed by atoms with van der Waals surface area (Å²) in [5.41, 5.74) is 6.01. The first-order valence-electron chi connectivity index (χ1n) is 9.29. The maximum Gasteiger partial charge on any atom is 0.228 e. The number of carbonyl (C=O) groups is 1. The smallest absolute Gasteiger partial charge is 0.228 e. The lowest BCUT2D eigenvalue weighted by molar-refractivity contribution is -0.145. The third-order valence-corrected chi connectivity index (χ3v) is 5.80. The highest BCUT2D eigenvalue weighted by Gasteiger charge is 2.46. The molecule has 2 bridgehead atoms. The maximum absolute atomic E-state index is 13.9. The first-order chi connectivity index (χ1) is 12.1. The fourth-order valence-electron chi connectivity index (χ4n) is 4.43. The van der Waals surface area contributed by atoms with E-state index in [0.717, 1.165) is 31.7 Å². The summed E-state index contributed by atoms with van der Waals surface area (Å²) in [6, 6.07) is 1.48. The van der Waals surface area contributed by atoms with Gasteiger partial charge in [0, 0.05) is 29.6 Å². The van der Waals surface area contributed by atoms with Gasteiger partial charge in [-0.3, -0.25) is 4.79 Å². The van der Waals surface area contributed by atoms with Crippen molar-refractivity contribution in [2.75, 3.05) is 0 Å². The minimum Gasteiger partial charge on any atom is -0.336 e. The van der Waals surface area contributed by atoms with Crippen molar-refractivity contribution >= 4 is 5.91 Å². The van der Waals surface area contributed by atoms with Crippen LogP contribution in [0.15, 0.2) is 12.1 Å². The van der Waals surface area contributed by atoms with Gasteiger partial charge in [-0.15, -0.1) is 0 Å². The molecule has 1 amide bonds. The van der Waals surface area contributed by atoms with E-state index in [1.165, 1.54) is 0 Å². The maximum atomic E-state index is 13.9. The van der Waals surface area contributed by atoms with Crippen LogP contribution in [0.3, 0.4) is 0 Å². The number of piperidine rings is 1. The number of amides is 1. The van der Waals surface area contributed by atoms with Crippen molar-refractivity contribution in [3.63, 3.8) is 0 Å². The zero-order valence-electron chi connectivity index (χ0n) is 15.6. The highest BCUT2D eigenvalue weighted by atomic mass is 19.2. The van der Waals surface area contributed by atoms with Crippen molar-refractivity contribution in [2.24, 2.45) is 17.1 Å². The third-order valence-electron chi connectivity index (χ3n) is 5.80. The summed E-state index contributed by atoms with van der Waals surface area (Å²) in [7, 11) is 0. The van der Waals surface area contributed by atoms with Crippen molar-refractivity contribution in [1.29, 1.82) is 0 Å². The predicted molar refractivity (Wildman–Crippen MR) is 93.8 cm³/mol. The van der Waals surface area contributed by atoms with E-state index in [1.807, 2.05) is 25.7 Å². The van der Waals surface area contributed by atoms with Gasteiger partial charge in [-0.05, 0) is 49.7 Å². The molecular formula is C20H27F3N2O. The van der Waals surface area contributed by atoms with Gasteiger partial charge in [0.1, 0.15) is 5.82 Å². The van der Waals surface area contributed by atoms with E-state index in [0.29, 0.717) is 6.07 Å². The van der Waals surface area contributed by atoms with Crippen LogP contribution in [0.4, 0.5) is 13.2 Å². The molecule has 3 atom stereocenters. The molecule has 1 aromatic rings. The van der Waals surface area contributed by atoms with Crippen molar-refractivity contribution in [3.05, 3.63) is 35.1 Å². The van der Waals surface area contributed by atoms with Crippen molar-refractivity contribution in [3.8, 4) is 0 Å². The largest absolute Gasteiger partial charge is 0.336 e. The van der Waals surface area contributed by atoms with Gasteiger partial charge in [-0.1, -0.05) is 20.8 Å². The number of hydrogen-bond acceptors (Lipinski definition) is 2. The van der Waals surface area contributed by atoms with Crippen LogP contribution in [0.5, 0.6) is 0 Å². The van der Waals surface area contributed by atoms with Gasteiger partial charge >= 0.3 is 0 Å². The highest BCUT2D eigenvalue weighted by molar-refractivity contribution is 5.82. The van der Waals surface area contributed by atoms with Crippen LogP contribution >= 0.6 is 0 Å². The Hall–Kier alpha value is -1.56. The van der Waals surface area contributed by atoms with Gasteiger partial charge in [-0.2, -0.15) is 0 Å². The molecule has 2 saturated heterocycles. The minimum atomic E-state index is -1.19. The molecule has 2 aliphatic heterocycles. The van der Waals surface area contributed by atoms with Crippen LogP contribution in [0.1, 0.15) is 52.0 Å². The molecule has 3 unspecified atom stereocenters. The van der Waals surface area contributed by atoms with Crippen LogP contribution in [0.25, 0.3) is 0 Å². The Labute approximate surface area is 152 Å². The molecule has 1 aromatic carbocycles. The molecule has 3 nitrogen and oxygen atoms in total. The number of nitrogens with zero attached hydrogens (tertiary/aromatic N) is 1. The van der Waals surface area contributed by atoms with Gasteiger partial charge in [-0.25, -0.2) is 13.2 Å². The second-order valence-corrected chi connectivity index (χ2v) is 8.80. The van der Waals surface area contributed by atoms with Crippen LogP contribution in [-0.4, -0.2) is 28.9 Å². The molecule has 0 aliphatic carbocycles. The molecule has 6 heteroatoms. The SMILES string of the molecule is CC(C)(C)C(=O)N1C2CCC1CC(C(N)Cc1cc(F)c(F)cc1F)C2. The van der Waals surface area contributed by atoms with E-state index < -0.39 is 22.9 Å². The molecule has 0 aromatic heterocycles. The quantitative estimate of drug-likeness (QED) is 0.825. The fraction of sp³-hybridized carbons (Fsp3) is 0.650. The van der Waals surface area contributed by atoms with E-state index in [2.05, 4.69) is 0 Å². The lowest BCUT2D eigenvalue weighted by Crippen LogP contribution is -2.53. The van der Waals surface area contributed by atoms with Crippen molar-refractivity contribution in [1.82, 2.24) is 4.90 Å². The van der Waals surface area contributed by atoms with E-state index in [-0.39, 0.29) is 41.9 Å². The lowest BCUT2D eigenvalue weighted by atomic mass is 9.81. The van der Waals surface area contributed by atoms with E-state index >= 15 is 0 Å². The third kappa shape index (κ3) is 3.61. The molecule has 3 rings (SSSR count). The van der Waals surface area contributed by atoms with E-state index in [1.54, 1.807) is 0 Å². The van der Waals surface area contributed by atoms with Gasteiger partial charge in [0.2, 0.25) is 5.91 Å². The minimum absolute atomic E-state index is 0.108. The zero-order chi connectivity index (χ0) is 19.2. The summed E-state index contributed by atoms with van der Waals surface area (Å²) in [6.07, 6.45) is 3.67. The topological polar surface area (TPSA) is 46.3 Å². The molecule has 26 heavy (non-hydrogen) atoms. The van der Waals surface area contributed by atoms with Crippen LogP contribution in [0, 0.1) is 28.8 Å². The Morgan fingerprint density at radius 1 is 1.12 bits per heavy atom. The molecule has 2 N–H and O–H groups in total. The summed E-state index contributed by atoms with van der Waals surface area (Å²) < 4.78 is 40.4. The highest BCUT2D eigenvalue weighted by Crippen LogP contribution is 2.42. The zero-order valence-corrected chi connectivity index (χ0v) is 15.6. The standard InChI is InChI=1S/C20H27F3N2O/c1-20(2,3)19(26)25-13-4-5-14(25)7-12(6-13)18(24)9-11-8-16(22)17(23)10-15(11)21/h8,10,12-14,18H,4-7,9,24H2,1-3H3. The van der Waals surface area contributed by atoms with Crippen LogP contribution in [0.2, 0.25) is 0 Å². The molecule has 144 valence electrons. The number of rotatable bonds is 3. The van der Waals surface area contributed by atoms with Gasteiger partial charge in [0.25, 0.3) is 0 Å². The van der Waals surface area contributed by atoms with Gasteiger partial charge in [0.05, 0.1) is 0 Å². The molecule has 0 spiro atoms. The number of fused-ring (bicyclic) bond motifs is 2. The number of benzene rings is 1. The average molecular weight is 368 g/mol. The molecule has 2 heterocycles. The second-order valence-electron chi connectivity index (χ2n) is 8.80. The molecule has 2 fully saturated rings. The van der Waals surface area contributed by atoms with Gasteiger partial charge < -0.3 is 10.6 Å². The van der Waals surface area contributed by atoms with E-state index in [4.69, 9.17) is 5.73 Å². The molecule has 2 aliphatic rings. The van der Waals surface area contributed by atoms with Crippen LogP contribution < -0.4 is 5.73 Å². The first kappa shape index (κ1) is 19.2. The number of hydrogen-bond donors (Lipinski definition) is 1. The van der Waals surface area contributed by atoms with Crippen molar-refractivity contribution < 1.29 is 18.0 Å².